The van der Waals surface area contributed by atoms with E-state index in [4.69, 9.17) is 4.74 Å². The molecule has 25 heavy (non-hydrogen) atoms. The van der Waals surface area contributed by atoms with Gasteiger partial charge in [0.25, 0.3) is 0 Å². The van der Waals surface area contributed by atoms with Gasteiger partial charge in [-0.15, -0.1) is 0 Å². The zero-order valence-corrected chi connectivity index (χ0v) is 14.9. The minimum atomic E-state index is -0.514. The third kappa shape index (κ3) is 5.56. The van der Waals surface area contributed by atoms with E-state index in [2.05, 4.69) is 17.3 Å². The Balaban J connectivity index is 1.50. The molecule has 3 rings (SSSR count). The predicted molar refractivity (Wildman–Crippen MR) is 101 cm³/mol. The van der Waals surface area contributed by atoms with E-state index in [0.29, 0.717) is 19.2 Å². The Bertz CT molecular complexity index is 639. The van der Waals surface area contributed by atoms with Crippen LogP contribution in [-0.4, -0.2) is 42.7 Å². The summed E-state index contributed by atoms with van der Waals surface area (Å²) in [5.41, 5.74) is 2.03. The lowest BCUT2D eigenvalue weighted by Gasteiger charge is -2.30. The monoisotopic (exact) mass is 340 g/mol. The van der Waals surface area contributed by atoms with Crippen LogP contribution in [0.25, 0.3) is 0 Å². The summed E-state index contributed by atoms with van der Waals surface area (Å²) in [5, 5.41) is 14.0. The van der Waals surface area contributed by atoms with E-state index in [9.17, 15) is 5.11 Å². The summed E-state index contributed by atoms with van der Waals surface area (Å²) in [6.07, 6.45) is 1.77. The number of likely N-dealkylation sites (tertiary alicyclic amines) is 1. The molecule has 0 amide bonds. The number of aliphatic hydroxyl groups is 1. The Morgan fingerprint density at radius 1 is 1.12 bits per heavy atom. The average Bonchev–Trinajstić information content (AvgIpc) is 2.67. The fourth-order valence-corrected chi connectivity index (χ4v) is 3.16. The van der Waals surface area contributed by atoms with E-state index in [1.807, 2.05) is 54.6 Å². The molecular formula is C21H28N2O2. The Labute approximate surface area is 150 Å². The van der Waals surface area contributed by atoms with E-state index >= 15 is 0 Å². The van der Waals surface area contributed by atoms with Crippen LogP contribution in [-0.2, 0) is 6.61 Å². The Morgan fingerprint density at radius 3 is 2.64 bits per heavy atom. The smallest absolute Gasteiger partial charge is 0.120 e. The lowest BCUT2D eigenvalue weighted by atomic mass is 10.0. The molecule has 2 aromatic carbocycles. The fourth-order valence-electron chi connectivity index (χ4n) is 3.16. The van der Waals surface area contributed by atoms with Crippen molar-refractivity contribution in [3.8, 4) is 5.75 Å². The van der Waals surface area contributed by atoms with Crippen molar-refractivity contribution in [3.63, 3.8) is 0 Å². The highest BCUT2D eigenvalue weighted by molar-refractivity contribution is 5.30. The first-order chi connectivity index (χ1) is 12.2. The van der Waals surface area contributed by atoms with Crippen LogP contribution in [0.1, 0.15) is 30.1 Å². The van der Waals surface area contributed by atoms with Gasteiger partial charge in [0.05, 0.1) is 6.10 Å². The number of hydrogen-bond donors (Lipinski definition) is 2. The zero-order chi connectivity index (χ0) is 17.5. The second-order valence-electron chi connectivity index (χ2n) is 6.85. The molecule has 1 aliphatic rings. The van der Waals surface area contributed by atoms with Crippen LogP contribution in [0.2, 0.25) is 0 Å². The molecule has 4 heteroatoms. The van der Waals surface area contributed by atoms with Gasteiger partial charge in [0.1, 0.15) is 12.4 Å². The number of rotatable bonds is 7. The van der Waals surface area contributed by atoms with Crippen molar-refractivity contribution >= 4 is 0 Å². The molecule has 0 aromatic heterocycles. The van der Waals surface area contributed by atoms with Crippen LogP contribution in [0.15, 0.2) is 54.6 Å². The van der Waals surface area contributed by atoms with E-state index in [1.54, 1.807) is 0 Å². The molecule has 134 valence electrons. The highest BCUT2D eigenvalue weighted by Gasteiger charge is 2.17. The minimum absolute atomic E-state index is 0.503. The highest BCUT2D eigenvalue weighted by atomic mass is 16.5. The highest BCUT2D eigenvalue weighted by Crippen LogP contribution is 2.20. The molecule has 0 saturated carbocycles. The van der Waals surface area contributed by atoms with E-state index in [0.717, 1.165) is 42.8 Å². The number of hydrogen-bond acceptors (Lipinski definition) is 4. The first-order valence-electron chi connectivity index (χ1n) is 9.07. The van der Waals surface area contributed by atoms with Gasteiger partial charge in [-0.25, -0.2) is 0 Å². The first kappa shape index (κ1) is 17.9. The summed E-state index contributed by atoms with van der Waals surface area (Å²) < 4.78 is 5.85. The lowest BCUT2D eigenvalue weighted by Crippen LogP contribution is -2.42. The van der Waals surface area contributed by atoms with Crippen molar-refractivity contribution in [1.82, 2.24) is 10.2 Å². The van der Waals surface area contributed by atoms with Gasteiger partial charge < -0.3 is 20.1 Å². The fraction of sp³-hybridized carbons (Fsp3) is 0.429. The topological polar surface area (TPSA) is 44.7 Å². The van der Waals surface area contributed by atoms with Crippen LogP contribution in [0, 0.1) is 0 Å². The number of benzene rings is 2. The number of piperidine rings is 1. The van der Waals surface area contributed by atoms with Gasteiger partial charge in [0.15, 0.2) is 0 Å². The largest absolute Gasteiger partial charge is 0.489 e. The number of aliphatic hydroxyl groups excluding tert-OH is 1. The van der Waals surface area contributed by atoms with E-state index < -0.39 is 6.10 Å². The zero-order valence-electron chi connectivity index (χ0n) is 14.9. The summed E-state index contributed by atoms with van der Waals surface area (Å²) in [5.74, 6) is 0.791. The molecule has 1 saturated heterocycles. The molecule has 0 unspecified atom stereocenters. The summed E-state index contributed by atoms with van der Waals surface area (Å²) in [7, 11) is 2.16. The predicted octanol–water partition coefficient (Wildman–Crippen LogP) is 2.98. The number of nitrogens with zero attached hydrogens (tertiary/aromatic N) is 1. The normalized spacial score (nSPS) is 17.4. The molecule has 1 fully saturated rings. The second kappa shape index (κ2) is 8.99. The van der Waals surface area contributed by atoms with Gasteiger partial charge in [0.2, 0.25) is 0 Å². The van der Waals surface area contributed by atoms with Crippen molar-refractivity contribution in [3.05, 3.63) is 65.7 Å². The molecule has 0 aliphatic carbocycles. The van der Waals surface area contributed by atoms with Crippen LogP contribution in [0.3, 0.4) is 0 Å². The Morgan fingerprint density at radius 2 is 1.88 bits per heavy atom. The van der Waals surface area contributed by atoms with E-state index in [-0.39, 0.29) is 0 Å². The quantitative estimate of drug-likeness (QED) is 0.813. The Kier molecular flexibility index (Phi) is 6.45. The lowest BCUT2D eigenvalue weighted by molar-refractivity contribution is 0.157. The van der Waals surface area contributed by atoms with Crippen molar-refractivity contribution in [1.29, 1.82) is 0 Å². The van der Waals surface area contributed by atoms with E-state index in [1.165, 1.54) is 0 Å². The number of ether oxygens (including phenoxy) is 1. The summed E-state index contributed by atoms with van der Waals surface area (Å²) in [6.45, 7) is 3.36. The molecule has 1 heterocycles. The third-order valence-corrected chi connectivity index (χ3v) is 4.81. The van der Waals surface area contributed by atoms with Crippen molar-refractivity contribution in [2.24, 2.45) is 0 Å². The standard InChI is InChI=1S/C21H28N2O2/c1-23-12-10-19(11-13-23)22-15-21(24)18-8-5-9-20(14-18)25-16-17-6-3-2-4-7-17/h2-9,14,19,21-22,24H,10-13,15-16H2,1H3/t21-/m1/s1. The molecule has 0 bridgehead atoms. The van der Waals surface area contributed by atoms with Gasteiger partial charge in [-0.05, 0) is 56.2 Å². The molecule has 0 spiro atoms. The molecular weight excluding hydrogens is 312 g/mol. The van der Waals surface area contributed by atoms with Crippen molar-refractivity contribution in [2.75, 3.05) is 26.7 Å². The van der Waals surface area contributed by atoms with Crippen LogP contribution in [0.4, 0.5) is 0 Å². The van der Waals surface area contributed by atoms with Crippen LogP contribution < -0.4 is 10.1 Å². The second-order valence-corrected chi connectivity index (χ2v) is 6.85. The molecule has 4 nitrogen and oxygen atoms in total. The summed E-state index contributed by atoms with van der Waals surface area (Å²) >= 11 is 0. The van der Waals surface area contributed by atoms with Crippen LogP contribution >= 0.6 is 0 Å². The van der Waals surface area contributed by atoms with Crippen molar-refractivity contribution < 1.29 is 9.84 Å². The molecule has 2 aromatic rings. The SMILES string of the molecule is CN1CCC(NC[C@@H](O)c2cccc(OCc3ccccc3)c2)CC1. The molecule has 0 radical (unpaired) electrons. The maximum atomic E-state index is 10.5. The first-order valence-corrected chi connectivity index (χ1v) is 9.07. The Hall–Kier alpha value is -1.88. The number of nitrogens with one attached hydrogen (secondary N) is 1. The van der Waals surface area contributed by atoms with Gasteiger partial charge in [-0.2, -0.15) is 0 Å². The maximum Gasteiger partial charge on any atom is 0.120 e. The minimum Gasteiger partial charge on any atom is -0.489 e. The van der Waals surface area contributed by atoms with Crippen LogP contribution in [0.5, 0.6) is 5.75 Å². The summed E-state index contributed by atoms with van der Waals surface area (Å²) in [6, 6.07) is 18.4. The summed E-state index contributed by atoms with van der Waals surface area (Å²) in [4.78, 5) is 2.35. The average molecular weight is 340 g/mol. The van der Waals surface area contributed by atoms with Gasteiger partial charge in [-0.3, -0.25) is 0 Å². The third-order valence-electron chi connectivity index (χ3n) is 4.81. The van der Waals surface area contributed by atoms with Gasteiger partial charge >= 0.3 is 0 Å². The molecule has 1 aliphatic heterocycles. The molecule has 2 N–H and O–H groups in total. The maximum absolute atomic E-state index is 10.5. The molecule has 1 atom stereocenters. The van der Waals surface area contributed by atoms with Crippen molar-refractivity contribution in [2.45, 2.75) is 31.6 Å². The van der Waals surface area contributed by atoms with Gasteiger partial charge in [-0.1, -0.05) is 42.5 Å². The van der Waals surface area contributed by atoms with Gasteiger partial charge in [0, 0.05) is 12.6 Å².